The van der Waals surface area contributed by atoms with Crippen LogP contribution in [0.1, 0.15) is 38.5 Å². The highest BCUT2D eigenvalue weighted by atomic mass is 16.4. The molecule has 2 aliphatic carbocycles. The van der Waals surface area contributed by atoms with Crippen molar-refractivity contribution in [3.63, 3.8) is 0 Å². The van der Waals surface area contributed by atoms with Crippen LogP contribution in [0.5, 0.6) is 0 Å². The second-order valence-electron chi connectivity index (χ2n) is 5.53. The number of amides is 1. The third kappa shape index (κ3) is 2.83. The molecule has 0 bridgehead atoms. The van der Waals surface area contributed by atoms with Crippen molar-refractivity contribution in [2.75, 3.05) is 6.61 Å². The van der Waals surface area contributed by atoms with Gasteiger partial charge in [0, 0.05) is 24.5 Å². The third-order valence-electron chi connectivity index (χ3n) is 4.37. The van der Waals surface area contributed by atoms with Gasteiger partial charge in [0.25, 0.3) is 0 Å². The lowest BCUT2D eigenvalue weighted by Crippen LogP contribution is -2.41. The van der Waals surface area contributed by atoms with E-state index in [1.54, 1.807) is 0 Å². The van der Waals surface area contributed by atoms with Crippen molar-refractivity contribution in [3.8, 4) is 0 Å². The van der Waals surface area contributed by atoms with Crippen LogP contribution in [0.25, 0.3) is 0 Å². The molecule has 0 spiro atoms. The Kier molecular flexibility index (Phi) is 4.22. The maximum absolute atomic E-state index is 12.0. The Labute approximate surface area is 107 Å². The second kappa shape index (κ2) is 5.69. The zero-order chi connectivity index (χ0) is 13.1. The quantitative estimate of drug-likeness (QED) is 0.692. The standard InChI is InChI=1S/C13H21NO4/c15-7-10-2-1-3-11(10)14-12(16)8-4-5-9(6-8)13(17)18/h8-11,15H,1-7H2,(H,14,16)(H,17,18). The largest absolute Gasteiger partial charge is 0.481 e. The number of nitrogens with one attached hydrogen (secondary N) is 1. The molecule has 2 fully saturated rings. The normalized spacial score (nSPS) is 35.6. The molecule has 5 nitrogen and oxygen atoms in total. The Balaban J connectivity index is 1.83. The molecule has 0 saturated heterocycles. The van der Waals surface area contributed by atoms with E-state index in [4.69, 9.17) is 5.11 Å². The van der Waals surface area contributed by atoms with E-state index in [1.165, 1.54) is 0 Å². The molecule has 5 heteroatoms. The fraction of sp³-hybridized carbons (Fsp3) is 0.846. The monoisotopic (exact) mass is 255 g/mol. The van der Waals surface area contributed by atoms with Gasteiger partial charge in [0.2, 0.25) is 5.91 Å². The summed E-state index contributed by atoms with van der Waals surface area (Å²) in [5.41, 5.74) is 0. The van der Waals surface area contributed by atoms with E-state index in [0.29, 0.717) is 19.3 Å². The summed E-state index contributed by atoms with van der Waals surface area (Å²) < 4.78 is 0. The van der Waals surface area contributed by atoms with Gasteiger partial charge in [-0.05, 0) is 32.1 Å². The summed E-state index contributed by atoms with van der Waals surface area (Å²) >= 11 is 0. The molecule has 2 aliphatic rings. The van der Waals surface area contributed by atoms with Crippen molar-refractivity contribution in [1.29, 1.82) is 0 Å². The first-order valence-corrected chi connectivity index (χ1v) is 6.76. The van der Waals surface area contributed by atoms with E-state index in [2.05, 4.69) is 5.32 Å². The van der Waals surface area contributed by atoms with Gasteiger partial charge in [-0.2, -0.15) is 0 Å². The minimum Gasteiger partial charge on any atom is -0.481 e. The van der Waals surface area contributed by atoms with Crippen molar-refractivity contribution < 1.29 is 19.8 Å². The first-order chi connectivity index (χ1) is 8.61. The summed E-state index contributed by atoms with van der Waals surface area (Å²) in [6.45, 7) is 0.118. The Hall–Kier alpha value is -1.10. The van der Waals surface area contributed by atoms with Crippen molar-refractivity contribution >= 4 is 11.9 Å². The van der Waals surface area contributed by atoms with E-state index < -0.39 is 5.97 Å². The van der Waals surface area contributed by atoms with Gasteiger partial charge in [0.05, 0.1) is 5.92 Å². The lowest BCUT2D eigenvalue weighted by atomic mass is 10.0. The van der Waals surface area contributed by atoms with Crippen molar-refractivity contribution in [2.45, 2.75) is 44.6 Å². The first kappa shape index (κ1) is 13.3. The lowest BCUT2D eigenvalue weighted by Gasteiger charge is -2.21. The Morgan fingerprint density at radius 1 is 1.11 bits per heavy atom. The summed E-state index contributed by atoms with van der Waals surface area (Å²) in [4.78, 5) is 22.9. The van der Waals surface area contributed by atoms with Crippen molar-refractivity contribution in [1.82, 2.24) is 5.32 Å². The molecule has 2 saturated carbocycles. The predicted octanol–water partition coefficient (Wildman–Crippen LogP) is 0.764. The molecule has 102 valence electrons. The number of carbonyl (C=O) groups is 2. The first-order valence-electron chi connectivity index (χ1n) is 6.76. The minimum atomic E-state index is -0.792. The van der Waals surface area contributed by atoms with Crippen molar-refractivity contribution in [3.05, 3.63) is 0 Å². The zero-order valence-corrected chi connectivity index (χ0v) is 10.5. The molecular formula is C13H21NO4. The van der Waals surface area contributed by atoms with Crippen LogP contribution >= 0.6 is 0 Å². The molecule has 0 heterocycles. The number of hydrogen-bond acceptors (Lipinski definition) is 3. The maximum Gasteiger partial charge on any atom is 0.306 e. The third-order valence-corrected chi connectivity index (χ3v) is 4.37. The summed E-state index contributed by atoms with van der Waals surface area (Å²) in [5.74, 6) is -1.17. The predicted molar refractivity (Wildman–Crippen MR) is 64.8 cm³/mol. The molecule has 0 aromatic carbocycles. The van der Waals surface area contributed by atoms with Gasteiger partial charge >= 0.3 is 5.97 Å². The van der Waals surface area contributed by atoms with Crippen LogP contribution < -0.4 is 5.32 Å². The van der Waals surface area contributed by atoms with Gasteiger partial charge in [0.15, 0.2) is 0 Å². The van der Waals surface area contributed by atoms with E-state index in [1.807, 2.05) is 0 Å². The van der Waals surface area contributed by atoms with Gasteiger partial charge in [0.1, 0.15) is 0 Å². The molecule has 18 heavy (non-hydrogen) atoms. The fourth-order valence-electron chi connectivity index (χ4n) is 3.19. The molecule has 0 aromatic heterocycles. The molecular weight excluding hydrogens is 234 g/mol. The number of carboxylic acids is 1. The maximum atomic E-state index is 12.0. The highest BCUT2D eigenvalue weighted by molar-refractivity contribution is 5.81. The average Bonchev–Trinajstić information content (AvgIpc) is 2.96. The van der Waals surface area contributed by atoms with E-state index in [-0.39, 0.29) is 36.3 Å². The number of aliphatic carboxylic acids is 1. The van der Waals surface area contributed by atoms with Crippen LogP contribution in [0, 0.1) is 17.8 Å². The smallest absolute Gasteiger partial charge is 0.306 e. The zero-order valence-electron chi connectivity index (χ0n) is 10.5. The number of aliphatic hydroxyl groups is 1. The number of carboxylic acid groups (broad SMARTS) is 1. The summed E-state index contributed by atoms with van der Waals surface area (Å²) in [6, 6.07) is 0.0754. The van der Waals surface area contributed by atoms with Crippen LogP contribution in [-0.4, -0.2) is 34.7 Å². The highest BCUT2D eigenvalue weighted by Crippen LogP contribution is 2.32. The molecule has 0 aliphatic heterocycles. The van der Waals surface area contributed by atoms with Gasteiger partial charge < -0.3 is 15.5 Å². The topological polar surface area (TPSA) is 86.6 Å². The number of carbonyl (C=O) groups excluding carboxylic acids is 1. The van der Waals surface area contributed by atoms with Crippen molar-refractivity contribution in [2.24, 2.45) is 17.8 Å². The molecule has 2 rings (SSSR count). The molecule has 3 N–H and O–H groups in total. The summed E-state index contributed by atoms with van der Waals surface area (Å²) in [6.07, 6.45) is 4.65. The molecule has 1 amide bonds. The van der Waals surface area contributed by atoms with E-state index in [9.17, 15) is 14.7 Å². The van der Waals surface area contributed by atoms with Crippen LogP contribution in [0.3, 0.4) is 0 Å². The van der Waals surface area contributed by atoms with Crippen LogP contribution in [-0.2, 0) is 9.59 Å². The van der Waals surface area contributed by atoms with Gasteiger partial charge in [-0.3, -0.25) is 9.59 Å². The molecule has 4 atom stereocenters. The Morgan fingerprint density at radius 2 is 1.83 bits per heavy atom. The SMILES string of the molecule is O=C(O)C1CCC(C(=O)NC2CCCC2CO)C1. The number of rotatable bonds is 4. The van der Waals surface area contributed by atoms with Crippen LogP contribution in [0.4, 0.5) is 0 Å². The second-order valence-corrected chi connectivity index (χ2v) is 5.53. The average molecular weight is 255 g/mol. The lowest BCUT2D eigenvalue weighted by molar-refractivity contribution is -0.141. The Morgan fingerprint density at radius 3 is 2.44 bits per heavy atom. The number of aliphatic hydroxyl groups excluding tert-OH is 1. The van der Waals surface area contributed by atoms with Gasteiger partial charge in [-0.15, -0.1) is 0 Å². The minimum absolute atomic E-state index is 0.0240. The Bertz CT molecular complexity index is 331. The summed E-state index contributed by atoms with van der Waals surface area (Å²) in [7, 11) is 0. The van der Waals surface area contributed by atoms with Gasteiger partial charge in [-0.1, -0.05) is 6.42 Å². The van der Waals surface area contributed by atoms with E-state index >= 15 is 0 Å². The highest BCUT2D eigenvalue weighted by Gasteiger charge is 2.36. The molecule has 0 radical (unpaired) electrons. The number of hydrogen-bond donors (Lipinski definition) is 3. The molecule has 4 unspecified atom stereocenters. The van der Waals surface area contributed by atoms with Gasteiger partial charge in [-0.25, -0.2) is 0 Å². The van der Waals surface area contributed by atoms with Crippen LogP contribution in [0.2, 0.25) is 0 Å². The molecule has 0 aromatic rings. The van der Waals surface area contributed by atoms with Crippen LogP contribution in [0.15, 0.2) is 0 Å². The summed E-state index contributed by atoms with van der Waals surface area (Å²) in [5, 5.41) is 21.1. The van der Waals surface area contributed by atoms with E-state index in [0.717, 1.165) is 19.3 Å². The fourth-order valence-corrected chi connectivity index (χ4v) is 3.19.